The molecular formula is C20H22FN3O4S. The Kier molecular flexibility index (Phi) is 6.17. The van der Waals surface area contributed by atoms with E-state index in [0.29, 0.717) is 49.4 Å². The third kappa shape index (κ3) is 5.54. The molecule has 0 bridgehead atoms. The summed E-state index contributed by atoms with van der Waals surface area (Å²) in [5.74, 6) is -0.755. The molecule has 154 valence electrons. The van der Waals surface area contributed by atoms with Crippen LogP contribution in [0.5, 0.6) is 0 Å². The van der Waals surface area contributed by atoms with Gasteiger partial charge in [-0.05, 0) is 55.0 Å². The van der Waals surface area contributed by atoms with Crippen molar-refractivity contribution in [2.45, 2.75) is 6.42 Å². The molecule has 1 N–H and O–H groups in total. The first-order valence-electron chi connectivity index (χ1n) is 9.15. The number of nitrogens with one attached hydrogen (secondary N) is 1. The highest BCUT2D eigenvalue weighted by Crippen LogP contribution is 2.15. The Bertz CT molecular complexity index is 991. The molecule has 2 aromatic carbocycles. The van der Waals surface area contributed by atoms with Gasteiger partial charge in [-0.3, -0.25) is 14.3 Å². The van der Waals surface area contributed by atoms with Crippen LogP contribution >= 0.6 is 0 Å². The van der Waals surface area contributed by atoms with Crippen molar-refractivity contribution in [1.29, 1.82) is 0 Å². The van der Waals surface area contributed by atoms with Crippen LogP contribution in [0.4, 0.5) is 10.1 Å². The minimum atomic E-state index is -3.38. The lowest BCUT2D eigenvalue weighted by molar-refractivity contribution is 0.0718. The van der Waals surface area contributed by atoms with Crippen molar-refractivity contribution < 1.29 is 22.4 Å². The zero-order valence-corrected chi connectivity index (χ0v) is 16.8. The largest absolute Gasteiger partial charge is 0.337 e. The number of nitrogens with zero attached hydrogens (tertiary/aromatic N) is 2. The van der Waals surface area contributed by atoms with Gasteiger partial charge in [-0.15, -0.1) is 0 Å². The van der Waals surface area contributed by atoms with Gasteiger partial charge in [0.25, 0.3) is 11.8 Å². The van der Waals surface area contributed by atoms with Crippen LogP contribution < -0.4 is 4.72 Å². The minimum absolute atomic E-state index is 0.174. The Hall–Kier alpha value is -2.94. The maximum Gasteiger partial charge on any atom is 0.253 e. The summed E-state index contributed by atoms with van der Waals surface area (Å²) in [4.78, 5) is 28.7. The standard InChI is InChI=1S/C20H22FN3O4S/c1-29(27,28)22-18-9-5-16(6-10-18)20(26)24-12-2-11-23(13-14-24)19(25)15-3-7-17(21)8-4-15/h3-10,22H,2,11-14H2,1H3. The second-order valence-electron chi connectivity index (χ2n) is 6.90. The lowest BCUT2D eigenvalue weighted by Crippen LogP contribution is -2.37. The molecular weight excluding hydrogens is 397 g/mol. The highest BCUT2D eigenvalue weighted by molar-refractivity contribution is 7.92. The van der Waals surface area contributed by atoms with Crippen molar-refractivity contribution in [1.82, 2.24) is 9.80 Å². The number of hydrogen-bond donors (Lipinski definition) is 1. The van der Waals surface area contributed by atoms with Crippen molar-refractivity contribution in [3.05, 3.63) is 65.5 Å². The normalized spacial score (nSPS) is 15.0. The number of halogens is 1. The van der Waals surface area contributed by atoms with Gasteiger partial charge in [-0.2, -0.15) is 0 Å². The first-order chi connectivity index (χ1) is 13.7. The number of rotatable bonds is 4. The molecule has 0 aromatic heterocycles. The van der Waals surface area contributed by atoms with Crippen molar-refractivity contribution in [2.75, 3.05) is 37.2 Å². The van der Waals surface area contributed by atoms with Crippen LogP contribution in [-0.2, 0) is 10.0 Å². The summed E-state index contributed by atoms with van der Waals surface area (Å²) < 4.78 is 38.0. The van der Waals surface area contributed by atoms with E-state index in [1.54, 1.807) is 21.9 Å². The summed E-state index contributed by atoms with van der Waals surface area (Å²) >= 11 is 0. The molecule has 0 spiro atoms. The molecule has 1 saturated heterocycles. The molecule has 1 aliphatic rings. The lowest BCUT2D eigenvalue weighted by Gasteiger charge is -2.22. The average molecular weight is 419 g/mol. The Labute approximate surface area is 169 Å². The molecule has 1 heterocycles. The summed E-state index contributed by atoms with van der Waals surface area (Å²) in [5, 5.41) is 0. The predicted octanol–water partition coefficient (Wildman–Crippen LogP) is 2.19. The summed E-state index contributed by atoms with van der Waals surface area (Å²) in [6.07, 6.45) is 1.69. The van der Waals surface area contributed by atoms with Gasteiger partial charge in [-0.1, -0.05) is 0 Å². The summed E-state index contributed by atoms with van der Waals surface area (Å²) in [6.45, 7) is 1.79. The van der Waals surface area contributed by atoms with Gasteiger partial charge in [0.2, 0.25) is 10.0 Å². The molecule has 9 heteroatoms. The van der Waals surface area contributed by atoms with Crippen LogP contribution in [0.1, 0.15) is 27.1 Å². The molecule has 29 heavy (non-hydrogen) atoms. The molecule has 1 aliphatic heterocycles. The van der Waals surface area contributed by atoms with Gasteiger partial charge in [0, 0.05) is 43.0 Å². The van der Waals surface area contributed by atoms with E-state index in [1.807, 2.05) is 0 Å². The Morgan fingerprint density at radius 3 is 1.72 bits per heavy atom. The summed E-state index contributed by atoms with van der Waals surface area (Å²) in [6, 6.07) is 11.6. The average Bonchev–Trinajstić information content (AvgIpc) is 2.93. The molecule has 0 radical (unpaired) electrons. The fourth-order valence-corrected chi connectivity index (χ4v) is 3.74. The maximum atomic E-state index is 13.1. The molecule has 0 atom stereocenters. The zero-order chi connectivity index (χ0) is 21.0. The van der Waals surface area contributed by atoms with E-state index in [0.717, 1.165) is 6.26 Å². The third-order valence-electron chi connectivity index (χ3n) is 4.60. The van der Waals surface area contributed by atoms with Gasteiger partial charge >= 0.3 is 0 Å². The van der Waals surface area contributed by atoms with E-state index in [9.17, 15) is 22.4 Å². The molecule has 2 aromatic rings. The topological polar surface area (TPSA) is 86.8 Å². The molecule has 0 unspecified atom stereocenters. The van der Waals surface area contributed by atoms with Gasteiger partial charge in [0.1, 0.15) is 5.82 Å². The highest BCUT2D eigenvalue weighted by atomic mass is 32.2. The SMILES string of the molecule is CS(=O)(=O)Nc1ccc(C(=O)N2CCCN(C(=O)c3ccc(F)cc3)CC2)cc1. The molecule has 3 rings (SSSR count). The number of hydrogen-bond acceptors (Lipinski definition) is 4. The van der Waals surface area contributed by atoms with Crippen LogP contribution in [0, 0.1) is 5.82 Å². The predicted molar refractivity (Wildman–Crippen MR) is 108 cm³/mol. The van der Waals surface area contributed by atoms with E-state index in [1.165, 1.54) is 36.4 Å². The van der Waals surface area contributed by atoms with Crippen molar-refractivity contribution in [3.63, 3.8) is 0 Å². The monoisotopic (exact) mass is 419 g/mol. The van der Waals surface area contributed by atoms with Gasteiger partial charge in [-0.25, -0.2) is 12.8 Å². The number of benzene rings is 2. The van der Waals surface area contributed by atoms with E-state index in [2.05, 4.69) is 4.72 Å². The van der Waals surface area contributed by atoms with Crippen LogP contribution in [-0.4, -0.2) is 62.5 Å². The van der Waals surface area contributed by atoms with E-state index in [4.69, 9.17) is 0 Å². The van der Waals surface area contributed by atoms with Gasteiger partial charge in [0.15, 0.2) is 0 Å². The van der Waals surface area contributed by atoms with Crippen LogP contribution in [0.15, 0.2) is 48.5 Å². The van der Waals surface area contributed by atoms with Crippen LogP contribution in [0.3, 0.4) is 0 Å². The third-order valence-corrected chi connectivity index (χ3v) is 5.20. The van der Waals surface area contributed by atoms with Gasteiger partial charge < -0.3 is 9.80 Å². The fraction of sp³-hybridized carbons (Fsp3) is 0.300. The number of carbonyl (C=O) groups is 2. The summed E-state index contributed by atoms with van der Waals surface area (Å²) in [5.41, 5.74) is 1.25. The Balaban J connectivity index is 1.63. The molecule has 0 saturated carbocycles. The first kappa shape index (κ1) is 20.8. The number of carbonyl (C=O) groups excluding carboxylic acids is 2. The van der Waals surface area contributed by atoms with Crippen LogP contribution in [0.2, 0.25) is 0 Å². The highest BCUT2D eigenvalue weighted by Gasteiger charge is 2.23. The van der Waals surface area contributed by atoms with E-state index >= 15 is 0 Å². The second kappa shape index (κ2) is 8.60. The lowest BCUT2D eigenvalue weighted by atomic mass is 10.2. The zero-order valence-electron chi connectivity index (χ0n) is 16.0. The fourth-order valence-electron chi connectivity index (χ4n) is 3.18. The molecule has 0 aliphatic carbocycles. The summed E-state index contributed by atoms with van der Waals surface area (Å²) in [7, 11) is -3.38. The Morgan fingerprint density at radius 1 is 0.828 bits per heavy atom. The van der Waals surface area contributed by atoms with Crippen molar-refractivity contribution in [3.8, 4) is 0 Å². The van der Waals surface area contributed by atoms with E-state index < -0.39 is 15.8 Å². The second-order valence-corrected chi connectivity index (χ2v) is 8.64. The smallest absolute Gasteiger partial charge is 0.253 e. The molecule has 1 fully saturated rings. The van der Waals surface area contributed by atoms with Crippen LogP contribution in [0.25, 0.3) is 0 Å². The van der Waals surface area contributed by atoms with Crippen molar-refractivity contribution >= 4 is 27.5 Å². The Morgan fingerprint density at radius 2 is 1.28 bits per heavy atom. The minimum Gasteiger partial charge on any atom is -0.337 e. The quantitative estimate of drug-likeness (QED) is 0.823. The van der Waals surface area contributed by atoms with Gasteiger partial charge in [0.05, 0.1) is 6.26 Å². The maximum absolute atomic E-state index is 13.1. The van der Waals surface area contributed by atoms with Crippen molar-refractivity contribution in [2.24, 2.45) is 0 Å². The number of amides is 2. The molecule has 7 nitrogen and oxygen atoms in total. The number of sulfonamides is 1. The number of anilines is 1. The first-order valence-corrected chi connectivity index (χ1v) is 11.0. The van der Waals surface area contributed by atoms with E-state index in [-0.39, 0.29) is 11.8 Å². The molecule has 2 amide bonds.